The van der Waals surface area contributed by atoms with E-state index in [2.05, 4.69) is 5.10 Å². The molecule has 3 heterocycles. The molecular weight excluding hydrogens is 262 g/mol. The van der Waals surface area contributed by atoms with Gasteiger partial charge >= 0.3 is 5.97 Å². The summed E-state index contributed by atoms with van der Waals surface area (Å²) in [5, 5.41) is 13.2. The van der Waals surface area contributed by atoms with Gasteiger partial charge in [0, 0.05) is 13.1 Å². The molecule has 0 aromatic carbocycles. The lowest BCUT2D eigenvalue weighted by Gasteiger charge is -2.31. The van der Waals surface area contributed by atoms with Crippen molar-refractivity contribution in [2.45, 2.75) is 31.9 Å². The predicted octanol–water partition coefficient (Wildman–Crippen LogP) is 0.145. The van der Waals surface area contributed by atoms with Crippen LogP contribution in [0.1, 0.15) is 28.9 Å². The van der Waals surface area contributed by atoms with Crippen molar-refractivity contribution in [1.29, 1.82) is 0 Å². The van der Waals surface area contributed by atoms with Crippen LogP contribution in [0.2, 0.25) is 0 Å². The molecule has 0 aliphatic carbocycles. The zero-order chi connectivity index (χ0) is 14.1. The molecule has 0 saturated carbocycles. The summed E-state index contributed by atoms with van der Waals surface area (Å²) in [7, 11) is 0. The second-order valence-corrected chi connectivity index (χ2v) is 5.13. The van der Waals surface area contributed by atoms with Gasteiger partial charge in [-0.3, -0.25) is 9.48 Å². The van der Waals surface area contributed by atoms with Gasteiger partial charge in [-0.25, -0.2) is 4.79 Å². The molecule has 1 amide bonds. The van der Waals surface area contributed by atoms with Gasteiger partial charge < -0.3 is 14.7 Å². The highest BCUT2D eigenvalue weighted by atomic mass is 16.5. The number of fused-ring (bicyclic) bond motifs is 1. The third kappa shape index (κ3) is 2.29. The highest BCUT2D eigenvalue weighted by Crippen LogP contribution is 2.20. The van der Waals surface area contributed by atoms with Crippen LogP contribution in [0.4, 0.5) is 0 Å². The van der Waals surface area contributed by atoms with Crippen LogP contribution in [-0.4, -0.2) is 57.5 Å². The molecule has 0 spiro atoms. The Balaban J connectivity index is 1.78. The number of carbonyl (C=O) groups excluding carboxylic acids is 1. The van der Waals surface area contributed by atoms with Crippen LogP contribution < -0.4 is 0 Å². The van der Waals surface area contributed by atoms with Crippen LogP contribution in [0.25, 0.3) is 0 Å². The number of rotatable bonds is 2. The summed E-state index contributed by atoms with van der Waals surface area (Å²) in [5.74, 6) is -1.16. The molecular formula is C13H17N3O4. The topological polar surface area (TPSA) is 84.7 Å². The average Bonchev–Trinajstić information content (AvgIpc) is 2.90. The molecule has 1 aromatic heterocycles. The van der Waals surface area contributed by atoms with Gasteiger partial charge in [0.25, 0.3) is 5.91 Å². The first-order valence-corrected chi connectivity index (χ1v) is 6.85. The van der Waals surface area contributed by atoms with Crippen molar-refractivity contribution in [2.75, 3.05) is 19.7 Å². The maximum Gasteiger partial charge on any atom is 0.334 e. The number of aliphatic carboxylic acids is 1. The van der Waals surface area contributed by atoms with E-state index >= 15 is 0 Å². The second kappa shape index (κ2) is 5.24. The zero-order valence-electron chi connectivity index (χ0n) is 11.1. The van der Waals surface area contributed by atoms with Crippen molar-refractivity contribution >= 4 is 11.9 Å². The van der Waals surface area contributed by atoms with E-state index in [4.69, 9.17) is 9.84 Å². The van der Waals surface area contributed by atoms with Gasteiger partial charge in [-0.05, 0) is 19.3 Å². The summed E-state index contributed by atoms with van der Waals surface area (Å²) in [6.45, 7) is 1.63. The van der Waals surface area contributed by atoms with Gasteiger partial charge in [-0.1, -0.05) is 0 Å². The molecule has 108 valence electrons. The van der Waals surface area contributed by atoms with Crippen molar-refractivity contribution in [3.8, 4) is 0 Å². The van der Waals surface area contributed by atoms with Gasteiger partial charge in [-0.2, -0.15) is 5.10 Å². The molecule has 1 N–H and O–H groups in total. The lowest BCUT2D eigenvalue weighted by molar-refractivity contribution is -0.154. The Kier molecular flexibility index (Phi) is 3.43. The molecule has 2 aliphatic heterocycles. The minimum atomic E-state index is -1.03. The molecule has 1 fully saturated rings. The van der Waals surface area contributed by atoms with Gasteiger partial charge in [0.15, 0.2) is 6.10 Å². The molecule has 2 aliphatic rings. The predicted molar refractivity (Wildman–Crippen MR) is 68.4 cm³/mol. The summed E-state index contributed by atoms with van der Waals surface area (Å²) < 4.78 is 7.02. The molecule has 7 nitrogen and oxygen atoms in total. The fraction of sp³-hybridized carbons (Fsp3) is 0.615. The van der Waals surface area contributed by atoms with E-state index in [0.29, 0.717) is 12.1 Å². The normalized spacial score (nSPS) is 22.4. The fourth-order valence-electron chi connectivity index (χ4n) is 2.75. The van der Waals surface area contributed by atoms with Gasteiger partial charge in [-0.15, -0.1) is 0 Å². The quantitative estimate of drug-likeness (QED) is 0.832. The SMILES string of the molecule is O=C(O)C1CN(C(=O)c2cnn3c2CCCC3)CCO1. The molecule has 1 saturated heterocycles. The summed E-state index contributed by atoms with van der Waals surface area (Å²) >= 11 is 0. The van der Waals surface area contributed by atoms with Crippen molar-refractivity contribution in [1.82, 2.24) is 14.7 Å². The molecule has 1 aromatic rings. The number of aryl methyl sites for hydroxylation is 1. The third-order valence-electron chi connectivity index (χ3n) is 3.84. The van der Waals surface area contributed by atoms with Gasteiger partial charge in [0.1, 0.15) is 0 Å². The van der Waals surface area contributed by atoms with Gasteiger partial charge in [0.2, 0.25) is 0 Å². The molecule has 7 heteroatoms. The Bertz CT molecular complexity index is 540. The number of carboxylic acid groups (broad SMARTS) is 1. The van der Waals surface area contributed by atoms with E-state index < -0.39 is 12.1 Å². The molecule has 0 bridgehead atoms. The van der Waals surface area contributed by atoms with E-state index in [1.807, 2.05) is 4.68 Å². The average molecular weight is 279 g/mol. The van der Waals surface area contributed by atoms with E-state index in [1.54, 1.807) is 11.1 Å². The third-order valence-corrected chi connectivity index (χ3v) is 3.84. The second-order valence-electron chi connectivity index (χ2n) is 5.13. The number of carbonyl (C=O) groups is 2. The van der Waals surface area contributed by atoms with Crippen molar-refractivity contribution in [2.24, 2.45) is 0 Å². The number of morpholine rings is 1. The van der Waals surface area contributed by atoms with Crippen LogP contribution in [-0.2, 0) is 22.5 Å². The zero-order valence-corrected chi connectivity index (χ0v) is 11.1. The summed E-state index contributed by atoms with van der Waals surface area (Å²) in [5.41, 5.74) is 1.58. The number of amides is 1. The first-order chi connectivity index (χ1) is 9.66. The van der Waals surface area contributed by atoms with Crippen LogP contribution in [0.5, 0.6) is 0 Å². The number of hydrogen-bond donors (Lipinski definition) is 1. The maximum atomic E-state index is 12.5. The fourth-order valence-corrected chi connectivity index (χ4v) is 2.75. The lowest BCUT2D eigenvalue weighted by Crippen LogP contribution is -2.48. The van der Waals surface area contributed by atoms with E-state index in [0.717, 1.165) is 31.5 Å². The number of hydrogen-bond acceptors (Lipinski definition) is 4. The van der Waals surface area contributed by atoms with Crippen LogP contribution in [0.3, 0.4) is 0 Å². The molecule has 0 radical (unpaired) electrons. The minimum Gasteiger partial charge on any atom is -0.479 e. The van der Waals surface area contributed by atoms with Crippen LogP contribution >= 0.6 is 0 Å². The lowest BCUT2D eigenvalue weighted by atomic mass is 10.1. The largest absolute Gasteiger partial charge is 0.479 e. The highest BCUT2D eigenvalue weighted by molar-refractivity contribution is 5.95. The number of nitrogens with zero attached hydrogens (tertiary/aromatic N) is 3. The van der Waals surface area contributed by atoms with E-state index in [1.165, 1.54) is 0 Å². The minimum absolute atomic E-state index is 0.0960. The van der Waals surface area contributed by atoms with Crippen molar-refractivity contribution in [3.05, 3.63) is 17.5 Å². The number of aromatic nitrogens is 2. The summed E-state index contributed by atoms with van der Waals surface area (Å²) in [4.78, 5) is 25.0. The number of ether oxygens (including phenoxy) is 1. The Morgan fingerprint density at radius 2 is 2.20 bits per heavy atom. The maximum absolute atomic E-state index is 12.5. The smallest absolute Gasteiger partial charge is 0.334 e. The molecule has 1 atom stereocenters. The molecule has 20 heavy (non-hydrogen) atoms. The monoisotopic (exact) mass is 279 g/mol. The van der Waals surface area contributed by atoms with Crippen molar-refractivity contribution in [3.63, 3.8) is 0 Å². The Labute approximate surface area is 116 Å². The first-order valence-electron chi connectivity index (χ1n) is 6.85. The van der Waals surface area contributed by atoms with Crippen molar-refractivity contribution < 1.29 is 19.4 Å². The van der Waals surface area contributed by atoms with Gasteiger partial charge in [0.05, 0.1) is 30.6 Å². The number of carboxylic acids is 1. The Hall–Kier alpha value is -1.89. The summed E-state index contributed by atoms with van der Waals surface area (Å²) in [6.07, 6.45) is 3.68. The van der Waals surface area contributed by atoms with Crippen LogP contribution in [0.15, 0.2) is 6.20 Å². The summed E-state index contributed by atoms with van der Waals surface area (Å²) in [6, 6.07) is 0. The highest BCUT2D eigenvalue weighted by Gasteiger charge is 2.31. The Morgan fingerprint density at radius 3 is 3.00 bits per heavy atom. The first kappa shape index (κ1) is 13.1. The van der Waals surface area contributed by atoms with Crippen LogP contribution in [0, 0.1) is 0 Å². The Morgan fingerprint density at radius 1 is 1.35 bits per heavy atom. The molecule has 3 rings (SSSR count). The molecule has 1 unspecified atom stereocenters. The van der Waals surface area contributed by atoms with E-state index in [-0.39, 0.29) is 19.1 Å². The van der Waals surface area contributed by atoms with E-state index in [9.17, 15) is 9.59 Å². The standard InChI is InChI=1S/C13H17N3O4/c17-12(15-5-6-20-11(8-15)13(18)19)9-7-14-16-4-2-1-3-10(9)16/h7,11H,1-6,8H2,(H,18,19).